The molecule has 4 heteroatoms. The first kappa shape index (κ1) is 14.2. The van der Waals surface area contributed by atoms with E-state index in [1.165, 1.54) is 0 Å². The Labute approximate surface area is 113 Å². The molecular weight excluding hydrogens is 242 g/mol. The number of nitrogens with two attached hydrogens (primary N) is 1. The van der Waals surface area contributed by atoms with Crippen LogP contribution in [-0.4, -0.2) is 28.3 Å². The third kappa shape index (κ3) is 2.56. The maximum atomic E-state index is 12.5. The van der Waals surface area contributed by atoms with Gasteiger partial charge in [0.1, 0.15) is 5.78 Å². The number of carbonyl (C=O) groups excluding carboxylic acids is 1. The van der Waals surface area contributed by atoms with Crippen LogP contribution in [0.5, 0.6) is 0 Å². The zero-order valence-electron chi connectivity index (χ0n) is 11.2. The van der Waals surface area contributed by atoms with Gasteiger partial charge in [-0.1, -0.05) is 24.3 Å². The van der Waals surface area contributed by atoms with E-state index in [0.717, 1.165) is 11.1 Å². The lowest BCUT2D eigenvalue weighted by Crippen LogP contribution is -2.43. The van der Waals surface area contributed by atoms with Crippen LogP contribution in [0.2, 0.25) is 0 Å². The Morgan fingerprint density at radius 1 is 1.21 bits per heavy atom. The van der Waals surface area contributed by atoms with Gasteiger partial charge in [0, 0.05) is 25.8 Å². The lowest BCUT2D eigenvalue weighted by atomic mass is 9.72. The fourth-order valence-corrected chi connectivity index (χ4v) is 2.95. The van der Waals surface area contributed by atoms with Gasteiger partial charge in [0.05, 0.1) is 5.41 Å². The minimum atomic E-state index is -1.75. The van der Waals surface area contributed by atoms with Crippen molar-refractivity contribution in [1.29, 1.82) is 0 Å². The summed E-state index contributed by atoms with van der Waals surface area (Å²) in [6.07, 6.45) is 0.780. The number of hydrogen-bond donors (Lipinski definition) is 3. The molecule has 0 heterocycles. The van der Waals surface area contributed by atoms with Crippen molar-refractivity contribution in [2.45, 2.75) is 43.8 Å². The predicted molar refractivity (Wildman–Crippen MR) is 72.6 cm³/mol. The second kappa shape index (κ2) is 5.04. The van der Waals surface area contributed by atoms with E-state index in [4.69, 9.17) is 5.73 Å². The van der Waals surface area contributed by atoms with Gasteiger partial charge in [-0.3, -0.25) is 4.79 Å². The number of rotatable bonds is 2. The molecule has 1 aliphatic rings. The maximum Gasteiger partial charge on any atom is 0.162 e. The molecule has 0 bridgehead atoms. The standard InChI is InChI=1S/C15H21NO3/c1-11-4-2-3-5-12(11)14(10-16)8-9-15(18,19)7-6-13(14)17/h2-5,18-19H,6-10,16H2,1H3. The van der Waals surface area contributed by atoms with Crippen molar-refractivity contribution in [1.82, 2.24) is 0 Å². The molecule has 0 radical (unpaired) electrons. The van der Waals surface area contributed by atoms with Crippen molar-refractivity contribution in [3.05, 3.63) is 35.4 Å². The van der Waals surface area contributed by atoms with E-state index in [0.29, 0.717) is 6.42 Å². The second-order valence-corrected chi connectivity index (χ2v) is 5.51. The zero-order chi connectivity index (χ0) is 14.1. The molecule has 1 unspecified atom stereocenters. The summed E-state index contributed by atoms with van der Waals surface area (Å²) < 4.78 is 0. The molecule has 0 aromatic heterocycles. The second-order valence-electron chi connectivity index (χ2n) is 5.51. The topological polar surface area (TPSA) is 83.6 Å². The Bertz CT molecular complexity index is 484. The highest BCUT2D eigenvalue weighted by Gasteiger charge is 2.44. The highest BCUT2D eigenvalue weighted by atomic mass is 16.5. The fraction of sp³-hybridized carbons (Fsp3) is 0.533. The summed E-state index contributed by atoms with van der Waals surface area (Å²) in [5, 5.41) is 19.6. The summed E-state index contributed by atoms with van der Waals surface area (Å²) in [7, 11) is 0. The largest absolute Gasteiger partial charge is 0.366 e. The SMILES string of the molecule is Cc1ccccc1C1(CN)CCC(O)(O)CCC1=O. The molecule has 0 amide bonds. The molecule has 2 rings (SSSR count). The van der Waals surface area contributed by atoms with Crippen LogP contribution >= 0.6 is 0 Å². The van der Waals surface area contributed by atoms with Crippen molar-refractivity contribution >= 4 is 5.78 Å². The molecule has 1 aromatic carbocycles. The molecule has 1 saturated carbocycles. The van der Waals surface area contributed by atoms with Gasteiger partial charge in [-0.15, -0.1) is 0 Å². The van der Waals surface area contributed by atoms with E-state index in [2.05, 4.69) is 0 Å². The van der Waals surface area contributed by atoms with Crippen molar-refractivity contribution in [2.75, 3.05) is 6.54 Å². The number of ketones is 1. The Morgan fingerprint density at radius 2 is 1.89 bits per heavy atom. The van der Waals surface area contributed by atoms with Crippen LogP contribution in [0.1, 0.15) is 36.8 Å². The smallest absolute Gasteiger partial charge is 0.162 e. The number of hydrogen-bond acceptors (Lipinski definition) is 4. The first-order valence-electron chi connectivity index (χ1n) is 6.65. The number of Topliss-reactive ketones (excluding diaryl/α,β-unsaturated/α-hetero) is 1. The Kier molecular flexibility index (Phi) is 3.76. The average molecular weight is 263 g/mol. The number of carbonyl (C=O) groups is 1. The number of benzene rings is 1. The third-order valence-electron chi connectivity index (χ3n) is 4.25. The molecule has 19 heavy (non-hydrogen) atoms. The summed E-state index contributed by atoms with van der Waals surface area (Å²) in [4.78, 5) is 12.5. The lowest BCUT2D eigenvalue weighted by molar-refractivity contribution is -0.169. The van der Waals surface area contributed by atoms with E-state index in [1.54, 1.807) is 0 Å². The van der Waals surface area contributed by atoms with Crippen LogP contribution in [0.15, 0.2) is 24.3 Å². The first-order valence-corrected chi connectivity index (χ1v) is 6.65. The van der Waals surface area contributed by atoms with Crippen LogP contribution in [0, 0.1) is 6.92 Å². The van der Waals surface area contributed by atoms with Gasteiger partial charge in [-0.05, 0) is 24.5 Å². The molecule has 4 nitrogen and oxygen atoms in total. The predicted octanol–water partition coefficient (Wildman–Crippen LogP) is 1.02. The summed E-state index contributed by atoms with van der Waals surface area (Å²) in [5.74, 6) is -1.75. The molecular formula is C15H21NO3. The van der Waals surface area contributed by atoms with E-state index in [9.17, 15) is 15.0 Å². The van der Waals surface area contributed by atoms with Gasteiger partial charge in [0.25, 0.3) is 0 Å². The normalized spacial score (nSPS) is 27.1. The van der Waals surface area contributed by atoms with Crippen molar-refractivity contribution in [3.63, 3.8) is 0 Å². The summed E-state index contributed by atoms with van der Waals surface area (Å²) in [6.45, 7) is 2.16. The van der Waals surface area contributed by atoms with Crippen LogP contribution in [0.4, 0.5) is 0 Å². The minimum absolute atomic E-state index is 0.00859. The van der Waals surface area contributed by atoms with Gasteiger partial charge in [0.2, 0.25) is 0 Å². The monoisotopic (exact) mass is 263 g/mol. The van der Waals surface area contributed by atoms with Gasteiger partial charge < -0.3 is 15.9 Å². The van der Waals surface area contributed by atoms with Crippen molar-refractivity contribution in [2.24, 2.45) is 5.73 Å². The summed E-state index contributed by atoms with van der Waals surface area (Å²) >= 11 is 0. The quantitative estimate of drug-likeness (QED) is 0.549. The van der Waals surface area contributed by atoms with Crippen molar-refractivity contribution in [3.8, 4) is 0 Å². The highest BCUT2D eigenvalue weighted by Crippen LogP contribution is 2.38. The molecule has 1 aliphatic carbocycles. The lowest BCUT2D eigenvalue weighted by Gasteiger charge is -2.32. The van der Waals surface area contributed by atoms with Crippen LogP contribution in [-0.2, 0) is 10.2 Å². The van der Waals surface area contributed by atoms with Crippen LogP contribution in [0.25, 0.3) is 0 Å². The highest BCUT2D eigenvalue weighted by molar-refractivity contribution is 5.91. The molecule has 4 N–H and O–H groups in total. The molecule has 0 aliphatic heterocycles. The summed E-state index contributed by atoms with van der Waals surface area (Å²) in [6, 6.07) is 7.69. The van der Waals surface area contributed by atoms with Gasteiger partial charge in [-0.25, -0.2) is 0 Å². The van der Waals surface area contributed by atoms with Gasteiger partial charge >= 0.3 is 0 Å². The van der Waals surface area contributed by atoms with E-state index < -0.39 is 11.2 Å². The summed E-state index contributed by atoms with van der Waals surface area (Å²) in [5.41, 5.74) is 7.06. The fourth-order valence-electron chi connectivity index (χ4n) is 2.95. The molecule has 1 aromatic rings. The zero-order valence-corrected chi connectivity index (χ0v) is 11.2. The van der Waals surface area contributed by atoms with E-state index in [-0.39, 0.29) is 31.6 Å². The van der Waals surface area contributed by atoms with Gasteiger partial charge in [-0.2, -0.15) is 0 Å². The molecule has 104 valence electrons. The minimum Gasteiger partial charge on any atom is -0.366 e. The van der Waals surface area contributed by atoms with Crippen LogP contribution < -0.4 is 5.73 Å². The van der Waals surface area contributed by atoms with E-state index >= 15 is 0 Å². The number of aliphatic hydroxyl groups is 2. The van der Waals surface area contributed by atoms with Crippen molar-refractivity contribution < 1.29 is 15.0 Å². The first-order chi connectivity index (χ1) is 8.91. The molecule has 1 atom stereocenters. The maximum absolute atomic E-state index is 12.5. The third-order valence-corrected chi connectivity index (χ3v) is 4.25. The molecule has 0 spiro atoms. The Balaban J connectivity index is 2.47. The Hall–Kier alpha value is -1.23. The molecule has 1 fully saturated rings. The number of aryl methyl sites for hydroxylation is 1. The van der Waals surface area contributed by atoms with E-state index in [1.807, 2.05) is 31.2 Å². The Morgan fingerprint density at radius 3 is 2.53 bits per heavy atom. The molecule has 0 saturated heterocycles. The van der Waals surface area contributed by atoms with Gasteiger partial charge in [0.15, 0.2) is 5.79 Å². The average Bonchev–Trinajstić information content (AvgIpc) is 2.50. The van der Waals surface area contributed by atoms with Crippen LogP contribution in [0.3, 0.4) is 0 Å².